The highest BCUT2D eigenvalue weighted by Crippen LogP contribution is 2.20. The van der Waals surface area contributed by atoms with E-state index in [1.165, 1.54) is 11.1 Å². The molecule has 0 aliphatic carbocycles. The maximum absolute atomic E-state index is 12.5. The second-order valence-corrected chi connectivity index (χ2v) is 6.22. The number of aromatic nitrogens is 1. The lowest BCUT2D eigenvalue weighted by Gasteiger charge is -2.27. The quantitative estimate of drug-likeness (QED) is 0.731. The van der Waals surface area contributed by atoms with E-state index in [1.54, 1.807) is 30.4 Å². The number of hydrogen-bond donors (Lipinski definition) is 1. The lowest BCUT2D eigenvalue weighted by atomic mass is 10.00. The molecule has 1 aliphatic heterocycles. The van der Waals surface area contributed by atoms with E-state index >= 15 is 0 Å². The number of benzene rings is 2. The van der Waals surface area contributed by atoms with Crippen molar-refractivity contribution in [3.05, 3.63) is 77.5 Å². The van der Waals surface area contributed by atoms with Crippen LogP contribution in [0.25, 0.3) is 17.0 Å². The molecule has 1 amide bonds. The number of carbonyl (C=O) groups excluding carboxylic acids is 1. The Balaban J connectivity index is 1.50. The molecule has 0 unspecified atom stereocenters. The fraction of sp³-hybridized carbons (Fsp3) is 0.143. The number of rotatable bonds is 2. The third kappa shape index (κ3) is 3.24. The summed E-state index contributed by atoms with van der Waals surface area (Å²) in [5.41, 5.74) is 4.07. The molecule has 3 aromatic rings. The minimum Gasteiger partial charge on any atom is -0.508 e. The van der Waals surface area contributed by atoms with Gasteiger partial charge in [-0.05, 0) is 47.9 Å². The summed E-state index contributed by atoms with van der Waals surface area (Å²) in [5.74, 6) is 0.222. The average Bonchev–Trinajstić information content (AvgIpc) is 2.65. The van der Waals surface area contributed by atoms with Gasteiger partial charge in [-0.2, -0.15) is 0 Å². The SMILES string of the molecule is O=C(/C=C/c1ccc2cc(O)ccc2n1)N1CCc2ccccc2C1. The molecule has 4 nitrogen and oxygen atoms in total. The number of fused-ring (bicyclic) bond motifs is 2. The summed E-state index contributed by atoms with van der Waals surface area (Å²) in [7, 11) is 0. The summed E-state index contributed by atoms with van der Waals surface area (Å²) >= 11 is 0. The largest absolute Gasteiger partial charge is 0.508 e. The van der Waals surface area contributed by atoms with Gasteiger partial charge >= 0.3 is 0 Å². The molecule has 4 rings (SSSR count). The molecule has 1 aliphatic rings. The van der Waals surface area contributed by atoms with E-state index in [4.69, 9.17) is 0 Å². The first kappa shape index (κ1) is 15.4. The van der Waals surface area contributed by atoms with Crippen molar-refractivity contribution in [3.8, 4) is 5.75 Å². The van der Waals surface area contributed by atoms with Crippen molar-refractivity contribution in [3.63, 3.8) is 0 Å². The van der Waals surface area contributed by atoms with Gasteiger partial charge in [0.2, 0.25) is 5.91 Å². The molecular weight excluding hydrogens is 312 g/mol. The van der Waals surface area contributed by atoms with Gasteiger partial charge in [-0.25, -0.2) is 4.98 Å². The Hall–Kier alpha value is -3.14. The van der Waals surface area contributed by atoms with Gasteiger partial charge in [0, 0.05) is 24.6 Å². The standard InChI is InChI=1S/C21H18N2O2/c24-19-8-9-20-16(13-19)5-6-18(22-20)7-10-21(25)23-12-11-15-3-1-2-4-17(15)14-23/h1-10,13,24H,11-12,14H2/b10-7+. The number of phenols is 1. The molecule has 4 heteroatoms. The van der Waals surface area contributed by atoms with Crippen LogP contribution in [0.2, 0.25) is 0 Å². The highest BCUT2D eigenvalue weighted by molar-refractivity contribution is 5.92. The van der Waals surface area contributed by atoms with E-state index in [-0.39, 0.29) is 11.7 Å². The molecule has 0 saturated heterocycles. The first-order valence-electron chi connectivity index (χ1n) is 8.32. The lowest BCUT2D eigenvalue weighted by Crippen LogP contribution is -2.34. The van der Waals surface area contributed by atoms with Crippen LogP contribution in [-0.2, 0) is 17.8 Å². The van der Waals surface area contributed by atoms with Gasteiger partial charge in [0.15, 0.2) is 0 Å². The van der Waals surface area contributed by atoms with E-state index in [0.29, 0.717) is 6.54 Å². The number of nitrogens with zero attached hydrogens (tertiary/aromatic N) is 2. The van der Waals surface area contributed by atoms with Crippen LogP contribution in [0, 0.1) is 0 Å². The first-order chi connectivity index (χ1) is 12.2. The second kappa shape index (κ2) is 6.40. The molecule has 25 heavy (non-hydrogen) atoms. The van der Waals surface area contributed by atoms with Crippen molar-refractivity contribution in [1.29, 1.82) is 0 Å². The van der Waals surface area contributed by atoms with Crippen molar-refractivity contribution < 1.29 is 9.90 Å². The smallest absolute Gasteiger partial charge is 0.246 e. The zero-order valence-corrected chi connectivity index (χ0v) is 13.7. The normalized spacial score (nSPS) is 14.0. The van der Waals surface area contributed by atoms with E-state index < -0.39 is 0 Å². The minimum absolute atomic E-state index is 0.00195. The number of carbonyl (C=O) groups is 1. The molecule has 0 saturated carbocycles. The highest BCUT2D eigenvalue weighted by atomic mass is 16.3. The minimum atomic E-state index is 0.00195. The monoisotopic (exact) mass is 330 g/mol. The fourth-order valence-electron chi connectivity index (χ4n) is 3.17. The molecular formula is C21H18N2O2. The van der Waals surface area contributed by atoms with Gasteiger partial charge in [0.25, 0.3) is 0 Å². The van der Waals surface area contributed by atoms with Gasteiger partial charge in [-0.3, -0.25) is 4.79 Å². The van der Waals surface area contributed by atoms with E-state index in [9.17, 15) is 9.90 Å². The number of phenolic OH excluding ortho intramolecular Hbond substituents is 1. The Morgan fingerprint density at radius 3 is 2.80 bits per heavy atom. The third-order valence-corrected chi connectivity index (χ3v) is 4.53. The zero-order chi connectivity index (χ0) is 17.2. The van der Waals surface area contributed by atoms with Crippen LogP contribution in [0.1, 0.15) is 16.8 Å². The second-order valence-electron chi connectivity index (χ2n) is 6.22. The van der Waals surface area contributed by atoms with Gasteiger partial charge < -0.3 is 10.0 Å². The number of pyridine rings is 1. The van der Waals surface area contributed by atoms with Crippen LogP contribution in [0.5, 0.6) is 5.75 Å². The Bertz CT molecular complexity index is 979. The van der Waals surface area contributed by atoms with Crippen LogP contribution in [0.15, 0.2) is 60.7 Å². The number of hydrogen-bond acceptors (Lipinski definition) is 3. The van der Waals surface area contributed by atoms with Crippen LogP contribution < -0.4 is 0 Å². The molecule has 0 spiro atoms. The predicted octanol–water partition coefficient (Wildman–Crippen LogP) is 3.54. The van der Waals surface area contributed by atoms with Gasteiger partial charge in [0.1, 0.15) is 5.75 Å². The Labute approximate surface area is 146 Å². The molecule has 0 bridgehead atoms. The van der Waals surface area contributed by atoms with E-state index in [1.807, 2.05) is 29.2 Å². The lowest BCUT2D eigenvalue weighted by molar-refractivity contribution is -0.126. The molecule has 2 heterocycles. The summed E-state index contributed by atoms with van der Waals surface area (Å²) in [5, 5.41) is 10.4. The molecule has 0 atom stereocenters. The van der Waals surface area contributed by atoms with Crippen molar-refractivity contribution in [2.75, 3.05) is 6.54 Å². The average molecular weight is 330 g/mol. The topological polar surface area (TPSA) is 53.4 Å². The van der Waals surface area contributed by atoms with Crippen LogP contribution in [-0.4, -0.2) is 27.4 Å². The van der Waals surface area contributed by atoms with Crippen LogP contribution >= 0.6 is 0 Å². The Kier molecular flexibility index (Phi) is 3.94. The van der Waals surface area contributed by atoms with Gasteiger partial charge in [0.05, 0.1) is 11.2 Å². The van der Waals surface area contributed by atoms with Crippen LogP contribution in [0.4, 0.5) is 0 Å². The van der Waals surface area contributed by atoms with E-state index in [0.717, 1.165) is 29.6 Å². The Morgan fingerprint density at radius 1 is 1.08 bits per heavy atom. The summed E-state index contributed by atoms with van der Waals surface area (Å²) < 4.78 is 0. The maximum atomic E-state index is 12.5. The van der Waals surface area contributed by atoms with E-state index in [2.05, 4.69) is 17.1 Å². The predicted molar refractivity (Wildman–Crippen MR) is 98.0 cm³/mol. The zero-order valence-electron chi connectivity index (χ0n) is 13.7. The van der Waals surface area contributed by atoms with Gasteiger partial charge in [-0.1, -0.05) is 30.3 Å². The molecule has 1 aromatic heterocycles. The van der Waals surface area contributed by atoms with Crippen molar-refractivity contribution in [2.45, 2.75) is 13.0 Å². The maximum Gasteiger partial charge on any atom is 0.246 e. The van der Waals surface area contributed by atoms with Gasteiger partial charge in [-0.15, -0.1) is 0 Å². The third-order valence-electron chi connectivity index (χ3n) is 4.53. The first-order valence-corrected chi connectivity index (χ1v) is 8.32. The molecule has 2 aromatic carbocycles. The molecule has 124 valence electrons. The van der Waals surface area contributed by atoms with Crippen molar-refractivity contribution >= 4 is 22.9 Å². The highest BCUT2D eigenvalue weighted by Gasteiger charge is 2.18. The van der Waals surface area contributed by atoms with Crippen LogP contribution in [0.3, 0.4) is 0 Å². The summed E-state index contributed by atoms with van der Waals surface area (Å²) in [6.07, 6.45) is 4.23. The number of amides is 1. The molecule has 0 fully saturated rings. The fourth-order valence-corrected chi connectivity index (χ4v) is 3.17. The molecule has 0 radical (unpaired) electrons. The summed E-state index contributed by atoms with van der Waals surface area (Å²) in [6.45, 7) is 1.40. The van der Waals surface area contributed by atoms with Crippen molar-refractivity contribution in [1.82, 2.24) is 9.88 Å². The summed E-state index contributed by atoms with van der Waals surface area (Å²) in [4.78, 5) is 18.8. The molecule has 1 N–H and O–H groups in total. The van der Waals surface area contributed by atoms with Crippen molar-refractivity contribution in [2.24, 2.45) is 0 Å². The number of aromatic hydroxyl groups is 1. The Morgan fingerprint density at radius 2 is 1.92 bits per heavy atom. The summed E-state index contributed by atoms with van der Waals surface area (Å²) in [6, 6.07) is 17.1.